The molecule has 0 heterocycles. The Bertz CT molecular complexity index is 471. The molecule has 0 spiro atoms. The van der Waals surface area contributed by atoms with E-state index in [2.05, 4.69) is 4.74 Å². The van der Waals surface area contributed by atoms with Crippen molar-refractivity contribution in [1.82, 2.24) is 0 Å². The monoisotopic (exact) mass is 255 g/mol. The molecule has 0 saturated heterocycles. The zero-order valence-corrected chi connectivity index (χ0v) is 9.81. The zero-order valence-electron chi connectivity index (χ0n) is 9.05. The van der Waals surface area contributed by atoms with Crippen LogP contribution in [0.25, 0.3) is 6.08 Å². The van der Waals surface area contributed by atoms with Gasteiger partial charge in [-0.25, -0.2) is 4.79 Å². The second kappa shape index (κ2) is 6.00. The van der Waals surface area contributed by atoms with Crippen LogP contribution in [0, 0.1) is 10.1 Å². The topological polar surface area (TPSA) is 69.4 Å². The molecule has 0 fully saturated rings. The van der Waals surface area contributed by atoms with E-state index in [-0.39, 0.29) is 22.9 Å². The Morgan fingerprint density at radius 1 is 1.59 bits per heavy atom. The van der Waals surface area contributed by atoms with Crippen LogP contribution in [-0.2, 0) is 9.53 Å². The number of halogens is 1. The van der Waals surface area contributed by atoms with Gasteiger partial charge in [-0.15, -0.1) is 0 Å². The van der Waals surface area contributed by atoms with Crippen LogP contribution in [0.1, 0.15) is 12.5 Å². The highest BCUT2D eigenvalue weighted by atomic mass is 35.5. The van der Waals surface area contributed by atoms with Gasteiger partial charge in [0.25, 0.3) is 5.69 Å². The van der Waals surface area contributed by atoms with Gasteiger partial charge in [-0.1, -0.05) is 17.7 Å². The van der Waals surface area contributed by atoms with Crippen molar-refractivity contribution < 1.29 is 14.5 Å². The zero-order chi connectivity index (χ0) is 12.8. The van der Waals surface area contributed by atoms with E-state index >= 15 is 0 Å². The molecule has 0 N–H and O–H groups in total. The fourth-order valence-electron chi connectivity index (χ4n) is 1.19. The number of hydrogen-bond donors (Lipinski definition) is 0. The van der Waals surface area contributed by atoms with E-state index in [0.717, 1.165) is 6.08 Å². The maximum atomic E-state index is 11.1. The summed E-state index contributed by atoms with van der Waals surface area (Å²) in [6.07, 6.45) is 2.39. The molecule has 5 nitrogen and oxygen atoms in total. The second-order valence-electron chi connectivity index (χ2n) is 3.02. The van der Waals surface area contributed by atoms with Gasteiger partial charge >= 0.3 is 5.97 Å². The lowest BCUT2D eigenvalue weighted by Gasteiger charge is -2.00. The Kier molecular flexibility index (Phi) is 4.66. The fourth-order valence-corrected chi connectivity index (χ4v) is 1.42. The lowest BCUT2D eigenvalue weighted by atomic mass is 10.1. The Morgan fingerprint density at radius 3 is 2.88 bits per heavy atom. The summed E-state index contributed by atoms with van der Waals surface area (Å²) in [5.41, 5.74) is 0.0327. The lowest BCUT2D eigenvalue weighted by Crippen LogP contribution is -1.99. The van der Waals surface area contributed by atoms with Crippen LogP contribution in [0.2, 0.25) is 5.02 Å². The summed E-state index contributed by atoms with van der Waals surface area (Å²) >= 11 is 5.83. The number of nitro benzene ring substituents is 1. The smallest absolute Gasteiger partial charge is 0.330 e. The standard InChI is InChI=1S/C11H10ClNO4/c1-2-17-11(14)7-6-8-9(12)4-3-5-10(8)13(15)16/h3-7H,2H2,1H3. The molecule has 0 bridgehead atoms. The van der Waals surface area contributed by atoms with E-state index in [1.807, 2.05) is 0 Å². The maximum absolute atomic E-state index is 11.1. The third-order valence-electron chi connectivity index (χ3n) is 1.90. The summed E-state index contributed by atoms with van der Waals surface area (Å²) in [6, 6.07) is 4.30. The van der Waals surface area contributed by atoms with Crippen molar-refractivity contribution in [3.05, 3.63) is 45.0 Å². The third-order valence-corrected chi connectivity index (χ3v) is 2.23. The third kappa shape index (κ3) is 3.57. The summed E-state index contributed by atoms with van der Waals surface area (Å²) in [5.74, 6) is -0.568. The van der Waals surface area contributed by atoms with Crippen molar-refractivity contribution in [3.63, 3.8) is 0 Å². The number of ether oxygens (including phenoxy) is 1. The molecule has 0 saturated carbocycles. The summed E-state index contributed by atoms with van der Waals surface area (Å²) in [7, 11) is 0. The SMILES string of the molecule is CCOC(=O)C=Cc1c(Cl)cccc1[N+](=O)[O-]. The second-order valence-corrected chi connectivity index (χ2v) is 3.42. The van der Waals surface area contributed by atoms with Crippen molar-refractivity contribution in [1.29, 1.82) is 0 Å². The number of carbonyl (C=O) groups excluding carboxylic acids is 1. The van der Waals surface area contributed by atoms with E-state index < -0.39 is 10.9 Å². The van der Waals surface area contributed by atoms with E-state index in [4.69, 9.17) is 11.6 Å². The molecular weight excluding hydrogens is 246 g/mol. The first kappa shape index (κ1) is 13.2. The molecule has 1 aromatic rings. The number of benzene rings is 1. The molecule has 17 heavy (non-hydrogen) atoms. The predicted octanol–water partition coefficient (Wildman–Crippen LogP) is 2.82. The summed E-state index contributed by atoms with van der Waals surface area (Å²) in [5, 5.41) is 10.9. The molecule has 1 aromatic carbocycles. The maximum Gasteiger partial charge on any atom is 0.330 e. The Morgan fingerprint density at radius 2 is 2.29 bits per heavy atom. The molecule has 0 aliphatic carbocycles. The minimum atomic E-state index is -0.568. The molecule has 0 amide bonds. The molecule has 0 radical (unpaired) electrons. The van der Waals surface area contributed by atoms with Gasteiger partial charge in [0.1, 0.15) is 0 Å². The van der Waals surface area contributed by atoms with Gasteiger partial charge < -0.3 is 4.74 Å². The highest BCUT2D eigenvalue weighted by molar-refractivity contribution is 6.32. The highest BCUT2D eigenvalue weighted by Crippen LogP contribution is 2.27. The van der Waals surface area contributed by atoms with Crippen molar-refractivity contribution in [2.75, 3.05) is 6.61 Å². The summed E-state index contributed by atoms with van der Waals surface area (Å²) in [4.78, 5) is 21.3. The van der Waals surface area contributed by atoms with Crippen molar-refractivity contribution >= 4 is 29.3 Å². The van der Waals surface area contributed by atoms with E-state index in [1.54, 1.807) is 6.92 Å². The lowest BCUT2D eigenvalue weighted by molar-refractivity contribution is -0.385. The van der Waals surface area contributed by atoms with Gasteiger partial charge in [-0.3, -0.25) is 10.1 Å². The highest BCUT2D eigenvalue weighted by Gasteiger charge is 2.14. The average Bonchev–Trinajstić information content (AvgIpc) is 2.27. The summed E-state index contributed by atoms with van der Waals surface area (Å²) < 4.78 is 4.67. The van der Waals surface area contributed by atoms with E-state index in [0.29, 0.717) is 0 Å². The minimum absolute atomic E-state index is 0.155. The van der Waals surface area contributed by atoms with Crippen molar-refractivity contribution in [2.24, 2.45) is 0 Å². The molecule has 0 aliphatic rings. The quantitative estimate of drug-likeness (QED) is 0.359. The molecule has 0 unspecified atom stereocenters. The van der Waals surface area contributed by atoms with Gasteiger partial charge in [-0.2, -0.15) is 0 Å². The first-order valence-corrected chi connectivity index (χ1v) is 5.21. The number of nitro groups is 1. The predicted molar refractivity (Wildman–Crippen MR) is 63.8 cm³/mol. The minimum Gasteiger partial charge on any atom is -0.463 e. The van der Waals surface area contributed by atoms with Crippen LogP contribution in [0.3, 0.4) is 0 Å². The first-order chi connectivity index (χ1) is 8.06. The molecule has 1 rings (SSSR count). The Hall–Kier alpha value is -1.88. The van der Waals surface area contributed by atoms with Crippen LogP contribution >= 0.6 is 11.6 Å². The van der Waals surface area contributed by atoms with Crippen molar-refractivity contribution in [3.8, 4) is 0 Å². The Labute approximate surface area is 103 Å². The van der Waals surface area contributed by atoms with Crippen LogP contribution in [0.5, 0.6) is 0 Å². The number of esters is 1. The van der Waals surface area contributed by atoms with Crippen molar-refractivity contribution in [2.45, 2.75) is 6.92 Å². The fraction of sp³-hybridized carbons (Fsp3) is 0.182. The molecule has 90 valence electrons. The first-order valence-electron chi connectivity index (χ1n) is 4.84. The number of rotatable bonds is 4. The molecule has 6 heteroatoms. The largest absolute Gasteiger partial charge is 0.463 e. The molecule has 0 atom stereocenters. The van der Waals surface area contributed by atoms with Gasteiger partial charge in [0, 0.05) is 12.1 Å². The number of nitrogens with zero attached hydrogens (tertiary/aromatic N) is 1. The normalized spacial score (nSPS) is 10.5. The Balaban J connectivity index is 3.05. The van der Waals surface area contributed by atoms with Crippen LogP contribution in [-0.4, -0.2) is 17.5 Å². The molecular formula is C11H10ClNO4. The van der Waals surface area contributed by atoms with Crippen LogP contribution in [0.15, 0.2) is 24.3 Å². The van der Waals surface area contributed by atoms with Gasteiger partial charge in [0.2, 0.25) is 0 Å². The van der Waals surface area contributed by atoms with E-state index in [1.165, 1.54) is 24.3 Å². The van der Waals surface area contributed by atoms with Gasteiger partial charge in [0.05, 0.1) is 22.1 Å². The molecule has 0 aromatic heterocycles. The summed E-state index contributed by atoms with van der Waals surface area (Å²) in [6.45, 7) is 1.91. The number of carbonyl (C=O) groups is 1. The van der Waals surface area contributed by atoms with E-state index in [9.17, 15) is 14.9 Å². The van der Waals surface area contributed by atoms with Gasteiger partial charge in [0.15, 0.2) is 0 Å². The number of hydrogen-bond acceptors (Lipinski definition) is 4. The molecule has 0 aliphatic heterocycles. The van der Waals surface area contributed by atoms with Crippen LogP contribution in [0.4, 0.5) is 5.69 Å². The van der Waals surface area contributed by atoms with Crippen LogP contribution < -0.4 is 0 Å². The average molecular weight is 256 g/mol. The van der Waals surface area contributed by atoms with Gasteiger partial charge in [-0.05, 0) is 19.1 Å².